The standard InChI is InChI=1S/C22H32O2/c1-17-9-8-14-20(16-15-17)24-21(23)22(2,19-12-6-7-13-19)18-10-4-3-5-11-18/h3-5,10-11,17,19-20H,6-9,12-16H2,1-2H3/t17?,20-,22-/m0/s1. The molecule has 0 amide bonds. The first-order chi connectivity index (χ1) is 11.6. The van der Waals surface area contributed by atoms with Crippen LogP contribution in [0.4, 0.5) is 0 Å². The highest BCUT2D eigenvalue weighted by molar-refractivity contribution is 5.83. The first-order valence-electron chi connectivity index (χ1n) is 9.87. The van der Waals surface area contributed by atoms with Gasteiger partial charge in [-0.3, -0.25) is 4.79 Å². The van der Waals surface area contributed by atoms with E-state index in [1.165, 1.54) is 32.1 Å². The number of carbonyl (C=O) groups excluding carboxylic acids is 1. The molecular weight excluding hydrogens is 296 g/mol. The third-order valence-electron chi connectivity index (χ3n) is 6.45. The molecule has 2 fully saturated rings. The summed E-state index contributed by atoms with van der Waals surface area (Å²) in [6.07, 6.45) is 10.6. The number of esters is 1. The molecule has 1 unspecified atom stereocenters. The van der Waals surface area contributed by atoms with Crippen LogP contribution in [0.1, 0.15) is 77.2 Å². The molecule has 2 aliphatic carbocycles. The highest BCUT2D eigenvalue weighted by Gasteiger charge is 2.45. The van der Waals surface area contributed by atoms with Gasteiger partial charge in [-0.2, -0.15) is 0 Å². The predicted octanol–water partition coefficient (Wildman–Crippen LogP) is 5.65. The fraction of sp³-hybridized carbons (Fsp3) is 0.682. The van der Waals surface area contributed by atoms with Crippen molar-refractivity contribution in [2.75, 3.05) is 0 Å². The van der Waals surface area contributed by atoms with Gasteiger partial charge in [0.2, 0.25) is 0 Å². The summed E-state index contributed by atoms with van der Waals surface area (Å²) in [5.41, 5.74) is 0.638. The molecular formula is C22H32O2. The third kappa shape index (κ3) is 3.68. The van der Waals surface area contributed by atoms with Gasteiger partial charge in [0.25, 0.3) is 0 Å². The lowest BCUT2D eigenvalue weighted by Gasteiger charge is -2.35. The summed E-state index contributed by atoms with van der Waals surface area (Å²) in [5.74, 6) is 1.20. The Balaban J connectivity index is 1.78. The second-order valence-electron chi connectivity index (χ2n) is 8.19. The van der Waals surface area contributed by atoms with E-state index in [2.05, 4.69) is 26.0 Å². The molecule has 2 aliphatic rings. The molecule has 1 aromatic rings. The van der Waals surface area contributed by atoms with E-state index in [-0.39, 0.29) is 12.1 Å². The van der Waals surface area contributed by atoms with Crippen molar-refractivity contribution in [1.29, 1.82) is 0 Å². The van der Waals surface area contributed by atoms with Crippen LogP contribution < -0.4 is 0 Å². The Bertz CT molecular complexity index is 532. The SMILES string of the molecule is CC1CCC[C@H](OC(=O)[C@@](C)(c2ccccc2)C2CCCC2)CC1. The number of ether oxygens (including phenoxy) is 1. The average molecular weight is 328 g/mol. The van der Waals surface area contributed by atoms with Crippen molar-refractivity contribution >= 4 is 5.97 Å². The molecule has 2 nitrogen and oxygen atoms in total. The Morgan fingerprint density at radius 3 is 2.38 bits per heavy atom. The fourth-order valence-corrected chi connectivity index (χ4v) is 4.65. The zero-order valence-corrected chi connectivity index (χ0v) is 15.3. The van der Waals surface area contributed by atoms with Crippen molar-refractivity contribution in [3.05, 3.63) is 35.9 Å². The Morgan fingerprint density at radius 1 is 0.958 bits per heavy atom. The monoisotopic (exact) mass is 328 g/mol. The molecule has 0 aliphatic heterocycles. The third-order valence-corrected chi connectivity index (χ3v) is 6.45. The van der Waals surface area contributed by atoms with Crippen LogP contribution in [0.3, 0.4) is 0 Å². The number of carbonyl (C=O) groups is 1. The van der Waals surface area contributed by atoms with Gasteiger partial charge in [0.15, 0.2) is 0 Å². The largest absolute Gasteiger partial charge is 0.462 e. The van der Waals surface area contributed by atoms with Gasteiger partial charge < -0.3 is 4.74 Å². The van der Waals surface area contributed by atoms with Crippen LogP contribution in [0.2, 0.25) is 0 Å². The summed E-state index contributed by atoms with van der Waals surface area (Å²) in [7, 11) is 0. The van der Waals surface area contributed by atoms with Gasteiger partial charge in [0.05, 0.1) is 5.41 Å². The molecule has 0 bridgehead atoms. The second-order valence-corrected chi connectivity index (χ2v) is 8.19. The minimum atomic E-state index is -0.490. The minimum absolute atomic E-state index is 0.0140. The molecule has 0 spiro atoms. The van der Waals surface area contributed by atoms with E-state index in [9.17, 15) is 4.79 Å². The Kier molecular flexibility index (Phi) is 5.63. The highest BCUT2D eigenvalue weighted by atomic mass is 16.5. The van der Waals surface area contributed by atoms with E-state index in [0.717, 1.165) is 37.2 Å². The Hall–Kier alpha value is -1.31. The number of hydrogen-bond acceptors (Lipinski definition) is 2. The lowest BCUT2D eigenvalue weighted by atomic mass is 9.71. The lowest BCUT2D eigenvalue weighted by molar-refractivity contribution is -0.158. The van der Waals surface area contributed by atoms with Gasteiger partial charge in [-0.25, -0.2) is 0 Å². The molecule has 1 aromatic carbocycles. The van der Waals surface area contributed by atoms with Gasteiger partial charge in [0, 0.05) is 0 Å². The summed E-state index contributed by atoms with van der Waals surface area (Å²) in [6.45, 7) is 4.44. The van der Waals surface area contributed by atoms with Crippen molar-refractivity contribution < 1.29 is 9.53 Å². The highest BCUT2D eigenvalue weighted by Crippen LogP contribution is 2.43. The summed E-state index contributed by atoms with van der Waals surface area (Å²) in [4.78, 5) is 13.3. The molecule has 0 radical (unpaired) electrons. The fourth-order valence-electron chi connectivity index (χ4n) is 4.65. The van der Waals surface area contributed by atoms with Gasteiger partial charge in [-0.1, -0.05) is 56.5 Å². The molecule has 132 valence electrons. The number of benzene rings is 1. The van der Waals surface area contributed by atoms with E-state index >= 15 is 0 Å². The quantitative estimate of drug-likeness (QED) is 0.527. The molecule has 3 rings (SSSR count). The molecule has 0 aromatic heterocycles. The molecule has 2 heteroatoms. The summed E-state index contributed by atoms with van der Waals surface area (Å²) in [6, 6.07) is 10.3. The Morgan fingerprint density at radius 2 is 1.67 bits per heavy atom. The minimum Gasteiger partial charge on any atom is -0.462 e. The van der Waals surface area contributed by atoms with Crippen LogP contribution in [-0.2, 0) is 14.9 Å². The molecule has 3 atom stereocenters. The summed E-state index contributed by atoms with van der Waals surface area (Å²) >= 11 is 0. The van der Waals surface area contributed by atoms with Crippen molar-refractivity contribution in [2.24, 2.45) is 11.8 Å². The van der Waals surface area contributed by atoms with Crippen molar-refractivity contribution in [2.45, 2.75) is 83.2 Å². The van der Waals surface area contributed by atoms with E-state index in [1.807, 2.05) is 18.2 Å². The van der Waals surface area contributed by atoms with Crippen LogP contribution in [0.25, 0.3) is 0 Å². The maximum Gasteiger partial charge on any atom is 0.316 e. The van der Waals surface area contributed by atoms with Crippen molar-refractivity contribution in [3.63, 3.8) is 0 Å². The van der Waals surface area contributed by atoms with Gasteiger partial charge in [-0.05, 0) is 62.8 Å². The van der Waals surface area contributed by atoms with Crippen molar-refractivity contribution in [3.8, 4) is 0 Å². The Labute approximate surface area is 147 Å². The second kappa shape index (κ2) is 7.72. The molecule has 2 saturated carbocycles. The first kappa shape index (κ1) is 17.5. The van der Waals surface area contributed by atoms with E-state index in [1.54, 1.807) is 0 Å². The topological polar surface area (TPSA) is 26.3 Å². The van der Waals surface area contributed by atoms with E-state index < -0.39 is 5.41 Å². The van der Waals surface area contributed by atoms with Crippen LogP contribution in [0, 0.1) is 11.8 Å². The van der Waals surface area contributed by atoms with Crippen molar-refractivity contribution in [1.82, 2.24) is 0 Å². The maximum atomic E-state index is 13.3. The summed E-state index contributed by atoms with van der Waals surface area (Å²) < 4.78 is 6.11. The van der Waals surface area contributed by atoms with Gasteiger partial charge >= 0.3 is 5.97 Å². The smallest absolute Gasteiger partial charge is 0.316 e. The molecule has 0 saturated heterocycles. The van der Waals surface area contributed by atoms with Crippen LogP contribution in [-0.4, -0.2) is 12.1 Å². The number of rotatable bonds is 4. The van der Waals surface area contributed by atoms with Crippen LogP contribution >= 0.6 is 0 Å². The average Bonchev–Trinajstić information content (AvgIpc) is 3.07. The normalized spacial score (nSPS) is 28.1. The molecule has 0 heterocycles. The number of hydrogen-bond donors (Lipinski definition) is 0. The lowest BCUT2D eigenvalue weighted by Crippen LogP contribution is -2.42. The van der Waals surface area contributed by atoms with Crippen LogP contribution in [0.15, 0.2) is 30.3 Å². The maximum absolute atomic E-state index is 13.3. The first-order valence-corrected chi connectivity index (χ1v) is 9.87. The van der Waals surface area contributed by atoms with E-state index in [4.69, 9.17) is 4.74 Å². The summed E-state index contributed by atoms with van der Waals surface area (Å²) in [5, 5.41) is 0. The zero-order chi connectivity index (χ0) is 17.0. The van der Waals surface area contributed by atoms with Crippen LogP contribution in [0.5, 0.6) is 0 Å². The van der Waals surface area contributed by atoms with Gasteiger partial charge in [0.1, 0.15) is 6.10 Å². The van der Waals surface area contributed by atoms with Gasteiger partial charge in [-0.15, -0.1) is 0 Å². The molecule has 24 heavy (non-hydrogen) atoms. The predicted molar refractivity (Wildman–Crippen MR) is 97.9 cm³/mol. The zero-order valence-electron chi connectivity index (χ0n) is 15.3. The van der Waals surface area contributed by atoms with E-state index in [0.29, 0.717) is 5.92 Å². The molecule has 0 N–H and O–H groups in total.